The van der Waals surface area contributed by atoms with E-state index in [1.165, 1.54) is 14.2 Å². The van der Waals surface area contributed by atoms with Crippen molar-refractivity contribution >= 4 is 46.2 Å². The summed E-state index contributed by atoms with van der Waals surface area (Å²) < 4.78 is 21.7. The molecule has 0 bridgehead atoms. The number of fused-ring (bicyclic) bond motifs is 7. The number of rotatable bonds is 11. The van der Waals surface area contributed by atoms with Gasteiger partial charge in [-0.3, -0.25) is 14.6 Å². The van der Waals surface area contributed by atoms with Crippen molar-refractivity contribution in [3.05, 3.63) is 102 Å². The fourth-order valence-electron chi connectivity index (χ4n) is 10.5. The largest absolute Gasteiger partial charge is 0.488 e. The molecular weight excluding hydrogens is 827 g/mol. The van der Waals surface area contributed by atoms with Gasteiger partial charge in [-0.05, 0) is 94.0 Å². The molecule has 5 heterocycles. The van der Waals surface area contributed by atoms with Crippen LogP contribution in [0.4, 0.5) is 15.3 Å². The highest BCUT2D eigenvalue weighted by molar-refractivity contribution is 6.07. The van der Waals surface area contributed by atoms with Gasteiger partial charge in [-0.25, -0.2) is 14.6 Å². The molecule has 336 valence electrons. The molecule has 1 unspecified atom stereocenters. The van der Waals surface area contributed by atoms with Gasteiger partial charge in [0.2, 0.25) is 5.91 Å². The van der Waals surface area contributed by atoms with Crippen molar-refractivity contribution in [2.75, 3.05) is 34.5 Å². The molecule has 0 radical (unpaired) electrons. The molecule has 15 heteroatoms. The third kappa shape index (κ3) is 7.74. The summed E-state index contributed by atoms with van der Waals surface area (Å²) in [4.78, 5) is 70.3. The molecule has 2 saturated heterocycles. The van der Waals surface area contributed by atoms with E-state index in [-0.39, 0.29) is 41.8 Å². The fraction of sp³-hybridized carbons (Fsp3) is 0.400. The molecule has 65 heavy (non-hydrogen) atoms. The molecule has 5 aliphatic rings. The van der Waals surface area contributed by atoms with Crippen molar-refractivity contribution in [3.63, 3.8) is 0 Å². The quantitative estimate of drug-likeness (QED) is 0.122. The number of carbonyl (C=O) groups excluding carboxylic acids is 4. The van der Waals surface area contributed by atoms with Crippen LogP contribution in [0.5, 0.6) is 5.75 Å². The van der Waals surface area contributed by atoms with Gasteiger partial charge in [-0.2, -0.15) is 0 Å². The zero-order chi connectivity index (χ0) is 45.1. The Labute approximate surface area is 376 Å². The summed E-state index contributed by atoms with van der Waals surface area (Å²) in [6.45, 7) is 5.16. The first-order chi connectivity index (χ1) is 31.5. The molecule has 10 rings (SSSR count). The van der Waals surface area contributed by atoms with Gasteiger partial charge in [0.25, 0.3) is 5.91 Å². The molecule has 4 aromatic carbocycles. The highest BCUT2D eigenvalue weighted by Gasteiger charge is 2.56. The zero-order valence-electron chi connectivity index (χ0n) is 37.1. The number of likely N-dealkylation sites (tertiary alicyclic amines) is 2. The monoisotopic (exact) mass is 879 g/mol. The van der Waals surface area contributed by atoms with E-state index in [1.807, 2.05) is 55.3 Å². The predicted octanol–water partition coefficient (Wildman–Crippen LogP) is 7.42. The lowest BCUT2D eigenvalue weighted by Crippen LogP contribution is -2.51. The maximum atomic E-state index is 14.4. The number of nitrogens with zero attached hydrogens (tertiary/aromatic N) is 4. The lowest BCUT2D eigenvalue weighted by molar-refractivity contribution is -0.136. The molecule has 3 fully saturated rings. The topological polar surface area (TPSA) is 177 Å². The Morgan fingerprint density at radius 3 is 2.45 bits per heavy atom. The first kappa shape index (κ1) is 42.2. The molecule has 1 aromatic heterocycles. The van der Waals surface area contributed by atoms with Crippen LogP contribution in [-0.2, 0) is 36.8 Å². The number of imidazole rings is 1. The second kappa shape index (κ2) is 17.0. The van der Waals surface area contributed by atoms with Gasteiger partial charge >= 0.3 is 12.2 Å². The minimum absolute atomic E-state index is 0.108. The number of benzene rings is 4. The van der Waals surface area contributed by atoms with Crippen LogP contribution in [0.1, 0.15) is 67.7 Å². The van der Waals surface area contributed by atoms with Gasteiger partial charge in [0.15, 0.2) is 0 Å². The molecule has 4 aliphatic heterocycles. The van der Waals surface area contributed by atoms with Crippen molar-refractivity contribution in [1.82, 2.24) is 30.4 Å². The maximum Gasteiger partial charge on any atom is 0.407 e. The Morgan fingerprint density at radius 2 is 1.68 bits per heavy atom. The van der Waals surface area contributed by atoms with Crippen molar-refractivity contribution in [2.24, 2.45) is 22.7 Å². The molecule has 1 saturated carbocycles. The number of aliphatic imine (C=N–C) groups is 1. The number of hydrogen-bond acceptors (Lipinski definition) is 10. The molecule has 1 aliphatic carbocycles. The molecule has 4 amide bonds. The van der Waals surface area contributed by atoms with Gasteiger partial charge in [0, 0.05) is 43.3 Å². The lowest BCUT2D eigenvalue weighted by atomic mass is 9.90. The summed E-state index contributed by atoms with van der Waals surface area (Å²) in [7, 11) is 4.25. The van der Waals surface area contributed by atoms with Gasteiger partial charge in [-0.1, -0.05) is 62.4 Å². The second-order valence-corrected chi connectivity index (χ2v) is 18.2. The Bertz CT molecular complexity index is 2730. The highest BCUT2D eigenvalue weighted by Crippen LogP contribution is 2.51. The normalized spacial score (nSPS) is 22.2. The van der Waals surface area contributed by atoms with E-state index in [0.29, 0.717) is 49.9 Å². The average molecular weight is 880 g/mol. The van der Waals surface area contributed by atoms with E-state index < -0.39 is 24.3 Å². The van der Waals surface area contributed by atoms with Crippen LogP contribution in [0.15, 0.2) is 84.0 Å². The lowest BCUT2D eigenvalue weighted by Gasteiger charge is -2.31. The van der Waals surface area contributed by atoms with Crippen molar-refractivity contribution in [2.45, 2.75) is 76.3 Å². The number of nitrogens with one attached hydrogen (secondary N) is 3. The number of amides is 4. The number of aromatic nitrogens is 2. The smallest absolute Gasteiger partial charge is 0.407 e. The molecule has 7 atom stereocenters. The number of alkyl carbamates (subject to hydrolysis) is 2. The SMILES string of the molecule is COC[C@H]1C[C@@H](c2ncc(-c3ccc4c(c3)COc3cc5c6c(ccc5cc3-4)N=C([C@@H]3C[C@H]4C[C@H]4N3C(=O)[C@H](NC(=O)OC)c3ccccc3)C6)[nH]2)N(C(=O)C(NC(=O)OC)C(C)C)C1. The van der Waals surface area contributed by atoms with Crippen molar-refractivity contribution in [3.8, 4) is 28.1 Å². The Kier molecular flexibility index (Phi) is 11.0. The highest BCUT2D eigenvalue weighted by atomic mass is 16.5. The first-order valence-corrected chi connectivity index (χ1v) is 22.4. The molecular formula is C50H53N7O8. The number of aromatic amines is 1. The Balaban J connectivity index is 0.881. The van der Waals surface area contributed by atoms with Gasteiger partial charge < -0.3 is 44.4 Å². The minimum Gasteiger partial charge on any atom is -0.488 e. The summed E-state index contributed by atoms with van der Waals surface area (Å²) in [6, 6.07) is 22.2. The Hall–Kier alpha value is -6.74. The van der Waals surface area contributed by atoms with Gasteiger partial charge in [0.05, 0.1) is 50.5 Å². The fourth-order valence-corrected chi connectivity index (χ4v) is 10.5. The summed E-state index contributed by atoms with van der Waals surface area (Å²) in [6.07, 6.45) is 3.60. The second-order valence-electron chi connectivity index (χ2n) is 18.2. The predicted molar refractivity (Wildman–Crippen MR) is 243 cm³/mol. The maximum absolute atomic E-state index is 14.4. The summed E-state index contributed by atoms with van der Waals surface area (Å²) in [5, 5.41) is 7.67. The van der Waals surface area contributed by atoms with E-state index in [4.69, 9.17) is 28.9 Å². The van der Waals surface area contributed by atoms with Crippen molar-refractivity contribution in [1.29, 1.82) is 0 Å². The van der Waals surface area contributed by atoms with Crippen LogP contribution in [0.25, 0.3) is 33.2 Å². The van der Waals surface area contributed by atoms with E-state index in [2.05, 4.69) is 58.1 Å². The van der Waals surface area contributed by atoms with Crippen LogP contribution in [0.3, 0.4) is 0 Å². The third-order valence-electron chi connectivity index (χ3n) is 13.9. The van der Waals surface area contributed by atoms with Crippen LogP contribution in [0, 0.1) is 17.8 Å². The summed E-state index contributed by atoms with van der Waals surface area (Å²) in [5.41, 5.74) is 8.62. The average Bonchev–Trinajstić information content (AvgIpc) is 3.79. The van der Waals surface area contributed by atoms with Gasteiger partial charge in [-0.15, -0.1) is 0 Å². The molecule has 15 nitrogen and oxygen atoms in total. The number of hydrogen-bond donors (Lipinski definition) is 3. The molecule has 3 N–H and O–H groups in total. The number of carbonyl (C=O) groups is 4. The third-order valence-corrected chi connectivity index (χ3v) is 13.9. The summed E-state index contributed by atoms with van der Waals surface area (Å²) in [5.74, 6) is 1.52. The zero-order valence-corrected chi connectivity index (χ0v) is 37.1. The standard InChI is InChI=1S/C50H53N7O8/c1-26(2)44(54-49(60)63-4)47(58)56-23-27(24-62-3)15-42(56)46-51-22-39(53-46)30-11-13-33-32(16-30)25-65-43-21-34-29(17-36(33)43)12-14-37-35(34)20-38(52-37)41-19-31-18-40(31)57(41)48(59)45(55-50(61)64-5)28-9-7-6-8-10-28/h6-14,16-17,21-22,26-27,31,40-42,44-45H,15,18-20,23-25H2,1-5H3,(H,51,53)(H,54,60)(H,55,61)/t27-,31+,40+,41-,42-,44?,45+/m0/s1. The minimum atomic E-state index is -0.869. The number of piperidine rings is 1. The molecule has 0 spiro atoms. The number of methoxy groups -OCH3 is 3. The van der Waals surface area contributed by atoms with E-state index >= 15 is 0 Å². The van der Waals surface area contributed by atoms with E-state index in [1.54, 1.807) is 12.0 Å². The van der Waals surface area contributed by atoms with Crippen LogP contribution < -0.4 is 15.4 Å². The Morgan fingerprint density at radius 1 is 0.877 bits per heavy atom. The van der Waals surface area contributed by atoms with Crippen LogP contribution >= 0.6 is 0 Å². The number of H-pyrrole nitrogens is 1. The van der Waals surface area contributed by atoms with Crippen molar-refractivity contribution < 1.29 is 38.1 Å². The van der Waals surface area contributed by atoms with E-state index in [0.717, 1.165) is 74.3 Å². The van der Waals surface area contributed by atoms with E-state index in [9.17, 15) is 19.2 Å². The molecule has 5 aromatic rings. The number of ether oxygens (including phenoxy) is 4. The van der Waals surface area contributed by atoms with Crippen LogP contribution in [-0.4, -0.2) is 102 Å². The first-order valence-electron chi connectivity index (χ1n) is 22.4. The van der Waals surface area contributed by atoms with Crippen LogP contribution in [0.2, 0.25) is 0 Å². The van der Waals surface area contributed by atoms with Gasteiger partial charge in [0.1, 0.15) is 30.3 Å². The summed E-state index contributed by atoms with van der Waals surface area (Å²) >= 11 is 0.